The number of phenols is 1. The van der Waals surface area contributed by atoms with Gasteiger partial charge in [-0.2, -0.15) is 0 Å². The van der Waals surface area contributed by atoms with Crippen LogP contribution in [0.4, 0.5) is 5.69 Å². The summed E-state index contributed by atoms with van der Waals surface area (Å²) in [6, 6.07) is 20.0. The number of fused-ring (bicyclic) bond motifs is 5. The Bertz CT molecular complexity index is 1830. The summed E-state index contributed by atoms with van der Waals surface area (Å²) in [7, 11) is 3.16. The summed E-state index contributed by atoms with van der Waals surface area (Å²) in [5.41, 5.74) is 5.18. The molecule has 180 valence electrons. The minimum atomic E-state index is -0.587. The van der Waals surface area contributed by atoms with Gasteiger partial charge in [0.25, 0.3) is 5.56 Å². The molecule has 3 heterocycles. The van der Waals surface area contributed by atoms with Crippen molar-refractivity contribution in [2.75, 3.05) is 5.32 Å². The first-order valence-electron chi connectivity index (χ1n) is 11.5. The van der Waals surface area contributed by atoms with Gasteiger partial charge >= 0.3 is 5.69 Å². The first-order chi connectivity index (χ1) is 17.3. The first kappa shape index (κ1) is 22.2. The molecule has 0 fully saturated rings. The van der Waals surface area contributed by atoms with Crippen molar-refractivity contribution in [3.05, 3.63) is 109 Å². The van der Waals surface area contributed by atoms with E-state index in [0.29, 0.717) is 32.9 Å². The van der Waals surface area contributed by atoms with Crippen LogP contribution in [0.1, 0.15) is 22.9 Å². The average Bonchev–Trinajstić information content (AvgIpc) is 3.24. The SMILES string of the molecule is Cc1ccccc1-c1c2c(=O)n(C)c(=O)n(C)c2c2n1-c1ccccc1NC2c1cc(Cl)ccc1O. The zero-order valence-electron chi connectivity index (χ0n) is 19.9. The second-order valence-corrected chi connectivity index (χ2v) is 9.55. The third-order valence-electron chi connectivity index (χ3n) is 7.03. The Morgan fingerprint density at radius 3 is 2.44 bits per heavy atom. The lowest BCUT2D eigenvalue weighted by atomic mass is 9.98. The smallest absolute Gasteiger partial charge is 0.331 e. The van der Waals surface area contributed by atoms with E-state index in [1.807, 2.05) is 60.0 Å². The van der Waals surface area contributed by atoms with Crippen LogP contribution in [0.15, 0.2) is 76.3 Å². The van der Waals surface area contributed by atoms with Gasteiger partial charge in [-0.25, -0.2) is 4.79 Å². The molecule has 0 amide bonds. The van der Waals surface area contributed by atoms with Crippen molar-refractivity contribution in [1.82, 2.24) is 13.7 Å². The zero-order chi connectivity index (χ0) is 25.3. The number of rotatable bonds is 2. The minimum Gasteiger partial charge on any atom is -0.508 e. The molecule has 1 aliphatic rings. The summed E-state index contributed by atoms with van der Waals surface area (Å²) in [5, 5.41) is 15.3. The molecule has 1 unspecified atom stereocenters. The van der Waals surface area contributed by atoms with E-state index in [9.17, 15) is 14.7 Å². The highest BCUT2D eigenvalue weighted by Gasteiger charge is 2.36. The number of nitrogens with zero attached hydrogens (tertiary/aromatic N) is 3. The highest BCUT2D eigenvalue weighted by molar-refractivity contribution is 6.30. The van der Waals surface area contributed by atoms with Crippen LogP contribution in [0.25, 0.3) is 27.8 Å². The molecule has 0 aliphatic carbocycles. The summed E-state index contributed by atoms with van der Waals surface area (Å²) in [4.78, 5) is 26.9. The molecule has 2 N–H and O–H groups in total. The minimum absolute atomic E-state index is 0.0588. The van der Waals surface area contributed by atoms with E-state index in [2.05, 4.69) is 5.32 Å². The number of anilines is 1. The van der Waals surface area contributed by atoms with E-state index in [0.717, 1.165) is 27.1 Å². The molecule has 7 nitrogen and oxygen atoms in total. The van der Waals surface area contributed by atoms with Crippen molar-refractivity contribution >= 4 is 28.2 Å². The van der Waals surface area contributed by atoms with Gasteiger partial charge in [0.1, 0.15) is 5.75 Å². The fourth-order valence-electron chi connectivity index (χ4n) is 5.30. The van der Waals surface area contributed by atoms with E-state index in [-0.39, 0.29) is 11.3 Å². The highest BCUT2D eigenvalue weighted by Crippen LogP contribution is 2.47. The Balaban J connectivity index is 1.90. The highest BCUT2D eigenvalue weighted by atomic mass is 35.5. The molecule has 5 aromatic rings. The quantitative estimate of drug-likeness (QED) is 0.363. The van der Waals surface area contributed by atoms with Gasteiger partial charge in [0.15, 0.2) is 0 Å². The summed E-state index contributed by atoms with van der Waals surface area (Å²) >= 11 is 6.35. The Hall–Kier alpha value is -4.23. The Morgan fingerprint density at radius 2 is 1.67 bits per heavy atom. The van der Waals surface area contributed by atoms with Crippen LogP contribution in [0, 0.1) is 6.92 Å². The van der Waals surface area contributed by atoms with Gasteiger partial charge in [-0.15, -0.1) is 0 Å². The number of hydrogen-bond acceptors (Lipinski definition) is 4. The Kier molecular flexibility index (Phi) is 4.88. The van der Waals surface area contributed by atoms with E-state index in [1.54, 1.807) is 25.2 Å². The van der Waals surface area contributed by atoms with Crippen LogP contribution in [0.3, 0.4) is 0 Å². The lowest BCUT2D eigenvalue weighted by Crippen LogP contribution is -2.37. The fourth-order valence-corrected chi connectivity index (χ4v) is 5.48. The molecule has 1 aliphatic heterocycles. The monoisotopic (exact) mass is 498 g/mol. The van der Waals surface area contributed by atoms with Crippen molar-refractivity contribution < 1.29 is 5.11 Å². The molecule has 6 rings (SSSR count). The summed E-state index contributed by atoms with van der Waals surface area (Å²) < 4.78 is 4.69. The van der Waals surface area contributed by atoms with Gasteiger partial charge in [0, 0.05) is 30.2 Å². The maximum Gasteiger partial charge on any atom is 0.331 e. The molecular formula is C28H23ClN4O3. The van der Waals surface area contributed by atoms with E-state index in [4.69, 9.17) is 11.6 Å². The molecule has 8 heteroatoms. The predicted octanol–water partition coefficient (Wildman–Crippen LogP) is 4.88. The van der Waals surface area contributed by atoms with Gasteiger partial charge in [0.2, 0.25) is 0 Å². The summed E-state index contributed by atoms with van der Waals surface area (Å²) in [6.07, 6.45) is 0. The molecule has 1 atom stereocenters. The lowest BCUT2D eigenvalue weighted by Gasteiger charge is -2.31. The molecule has 2 aromatic heterocycles. The van der Waals surface area contributed by atoms with Gasteiger partial charge in [0.05, 0.1) is 39.7 Å². The molecule has 0 radical (unpaired) electrons. The van der Waals surface area contributed by atoms with Crippen LogP contribution < -0.4 is 16.6 Å². The topological polar surface area (TPSA) is 81.2 Å². The normalized spacial score (nSPS) is 14.4. The van der Waals surface area contributed by atoms with Gasteiger partial charge < -0.3 is 15.0 Å². The number of phenolic OH excluding ortho intramolecular Hbond substituents is 1. The molecular weight excluding hydrogens is 476 g/mol. The van der Waals surface area contributed by atoms with Crippen molar-refractivity contribution in [3.63, 3.8) is 0 Å². The number of aromatic hydroxyl groups is 1. The predicted molar refractivity (Wildman–Crippen MR) is 143 cm³/mol. The average molecular weight is 499 g/mol. The third kappa shape index (κ3) is 2.99. The van der Waals surface area contributed by atoms with Crippen molar-refractivity contribution in [2.45, 2.75) is 13.0 Å². The number of halogens is 1. The van der Waals surface area contributed by atoms with Crippen LogP contribution in [0.5, 0.6) is 5.75 Å². The van der Waals surface area contributed by atoms with E-state index >= 15 is 0 Å². The lowest BCUT2D eigenvalue weighted by molar-refractivity contribution is 0.466. The molecule has 0 spiro atoms. The van der Waals surface area contributed by atoms with Crippen molar-refractivity contribution in [1.29, 1.82) is 0 Å². The zero-order valence-corrected chi connectivity index (χ0v) is 20.7. The molecule has 3 aromatic carbocycles. The van der Waals surface area contributed by atoms with Crippen LogP contribution >= 0.6 is 11.6 Å². The van der Waals surface area contributed by atoms with Crippen molar-refractivity contribution in [2.24, 2.45) is 14.1 Å². The number of hydrogen-bond donors (Lipinski definition) is 2. The first-order valence-corrected chi connectivity index (χ1v) is 11.9. The maximum absolute atomic E-state index is 13.7. The van der Waals surface area contributed by atoms with Crippen molar-refractivity contribution in [3.8, 4) is 22.7 Å². The summed E-state index contributed by atoms with van der Waals surface area (Å²) in [5.74, 6) is 0.0588. The van der Waals surface area contributed by atoms with Gasteiger partial charge in [-0.1, -0.05) is 48.0 Å². The van der Waals surface area contributed by atoms with E-state index < -0.39 is 11.7 Å². The van der Waals surface area contributed by atoms with Crippen LogP contribution in [-0.2, 0) is 14.1 Å². The van der Waals surface area contributed by atoms with Crippen LogP contribution in [0.2, 0.25) is 5.02 Å². The molecule has 0 saturated heterocycles. The Morgan fingerprint density at radius 1 is 0.944 bits per heavy atom. The van der Waals surface area contributed by atoms with Gasteiger partial charge in [-0.05, 0) is 42.8 Å². The van der Waals surface area contributed by atoms with Gasteiger partial charge in [-0.3, -0.25) is 13.9 Å². The van der Waals surface area contributed by atoms with Crippen LogP contribution in [-0.4, -0.2) is 18.8 Å². The number of para-hydroxylation sites is 2. The van der Waals surface area contributed by atoms with E-state index in [1.165, 1.54) is 11.6 Å². The fraction of sp³-hybridized carbons (Fsp3) is 0.143. The number of nitrogens with one attached hydrogen (secondary N) is 1. The maximum atomic E-state index is 13.7. The molecule has 0 saturated carbocycles. The second kappa shape index (κ2) is 7.90. The molecule has 36 heavy (non-hydrogen) atoms. The largest absolute Gasteiger partial charge is 0.508 e. The second-order valence-electron chi connectivity index (χ2n) is 9.11. The third-order valence-corrected chi connectivity index (χ3v) is 7.26. The standard InChI is InChI=1S/C28H23ClN4O3/c1-15-8-4-5-9-17(15)24-22-25(31(2)28(36)32(3)27(22)35)26-23(18-14-16(29)12-13-21(18)34)30-19-10-6-7-11-20(19)33(24)26/h4-14,23,30,34H,1-3H3. The molecule has 0 bridgehead atoms. The number of aromatic nitrogens is 3. The number of benzene rings is 3. The number of aryl methyl sites for hydroxylation is 2. The summed E-state index contributed by atoms with van der Waals surface area (Å²) in [6.45, 7) is 2.00. The Labute approximate surface area is 211 Å².